The maximum absolute atomic E-state index is 14.7. The number of nitrogens with zero attached hydrogens (tertiary/aromatic N) is 5. The second-order valence-corrected chi connectivity index (χ2v) is 8.40. The number of hydrogen-bond donors (Lipinski definition) is 2. The first kappa shape index (κ1) is 21.5. The van der Waals surface area contributed by atoms with Crippen molar-refractivity contribution in [2.45, 2.75) is 25.9 Å². The van der Waals surface area contributed by atoms with Gasteiger partial charge in [0.05, 0.1) is 30.6 Å². The molecule has 1 amide bonds. The lowest BCUT2D eigenvalue weighted by atomic mass is 10.2. The van der Waals surface area contributed by atoms with E-state index in [0.717, 1.165) is 18.8 Å². The van der Waals surface area contributed by atoms with Crippen molar-refractivity contribution in [3.05, 3.63) is 57.6 Å². The third-order valence-corrected chi connectivity index (χ3v) is 6.11. The molecule has 0 spiro atoms. The lowest BCUT2D eigenvalue weighted by molar-refractivity contribution is -0.00356. The van der Waals surface area contributed by atoms with Gasteiger partial charge in [-0.2, -0.15) is 9.49 Å². The van der Waals surface area contributed by atoms with E-state index < -0.39 is 11.9 Å². The summed E-state index contributed by atoms with van der Waals surface area (Å²) in [6, 6.07) is 5.03. The summed E-state index contributed by atoms with van der Waals surface area (Å²) in [5, 5.41) is 7.35. The number of aromatic amines is 1. The molecular weight excluding hydrogens is 429 g/mol. The minimum Gasteiger partial charge on any atom is -0.377 e. The third kappa shape index (κ3) is 4.46. The quantitative estimate of drug-likeness (QED) is 0.523. The smallest absolute Gasteiger partial charge is 0.270 e. The number of carbonyl (C=O) groups is 1. The van der Waals surface area contributed by atoms with E-state index in [1.807, 2.05) is 17.9 Å². The topological polar surface area (TPSA) is 108 Å². The highest BCUT2D eigenvalue weighted by Crippen LogP contribution is 2.21. The first-order valence-electron chi connectivity index (χ1n) is 11.1. The number of anilines is 1. The fraction of sp³-hybridized carbons (Fsp3) is 0.455. The number of hydrogen-bond acceptors (Lipinski definition) is 7. The zero-order chi connectivity index (χ0) is 22.9. The van der Waals surface area contributed by atoms with Crippen molar-refractivity contribution in [2.75, 3.05) is 44.3 Å². The molecule has 5 heterocycles. The number of H-pyrrole nitrogens is 1. The van der Waals surface area contributed by atoms with Crippen molar-refractivity contribution in [3.63, 3.8) is 0 Å². The summed E-state index contributed by atoms with van der Waals surface area (Å²) in [5.41, 5.74) is 2.62. The zero-order valence-electron chi connectivity index (χ0n) is 18.4. The Labute approximate surface area is 189 Å². The van der Waals surface area contributed by atoms with Gasteiger partial charge in [-0.15, -0.1) is 0 Å². The number of piperazine rings is 1. The molecular formula is C22H26FN7O3. The van der Waals surface area contributed by atoms with Gasteiger partial charge in [0.1, 0.15) is 11.3 Å². The summed E-state index contributed by atoms with van der Waals surface area (Å²) in [6.45, 7) is 6.26. The Morgan fingerprint density at radius 1 is 1.27 bits per heavy atom. The number of amides is 1. The Kier molecular flexibility index (Phi) is 5.81. The number of aromatic nitrogens is 4. The monoisotopic (exact) mass is 455 g/mol. The molecule has 0 radical (unpaired) electrons. The molecule has 11 heteroatoms. The van der Waals surface area contributed by atoms with Crippen molar-refractivity contribution < 1.29 is 13.9 Å². The molecule has 2 aliphatic rings. The fourth-order valence-corrected chi connectivity index (χ4v) is 4.11. The predicted molar refractivity (Wildman–Crippen MR) is 119 cm³/mol. The normalized spacial score (nSPS) is 17.3. The van der Waals surface area contributed by atoms with Gasteiger partial charge < -0.3 is 19.9 Å². The van der Waals surface area contributed by atoms with E-state index >= 15 is 0 Å². The van der Waals surface area contributed by atoms with Crippen molar-refractivity contribution >= 4 is 17.2 Å². The lowest BCUT2D eigenvalue weighted by Crippen LogP contribution is -2.48. The number of pyridine rings is 1. The SMILES string of the molecule is CCc1cn2nc(CN3CCN(c4ccc(C(=O)NC5COC5)nc4F)CC3)cc2[nH]c1=O. The summed E-state index contributed by atoms with van der Waals surface area (Å²) in [4.78, 5) is 35.1. The van der Waals surface area contributed by atoms with Gasteiger partial charge in [0.15, 0.2) is 0 Å². The molecule has 0 atom stereocenters. The molecule has 2 saturated heterocycles. The van der Waals surface area contributed by atoms with Crippen LogP contribution in [0.25, 0.3) is 5.65 Å². The largest absolute Gasteiger partial charge is 0.377 e. The molecule has 0 unspecified atom stereocenters. The minimum atomic E-state index is -0.642. The van der Waals surface area contributed by atoms with Crippen LogP contribution in [0.5, 0.6) is 0 Å². The summed E-state index contributed by atoms with van der Waals surface area (Å²) in [6.07, 6.45) is 2.42. The molecule has 174 valence electrons. The summed E-state index contributed by atoms with van der Waals surface area (Å²) >= 11 is 0. The molecule has 3 aromatic rings. The van der Waals surface area contributed by atoms with Gasteiger partial charge in [-0.25, -0.2) is 9.50 Å². The molecule has 0 saturated carbocycles. The Bertz CT molecular complexity index is 1230. The van der Waals surface area contributed by atoms with Crippen LogP contribution in [0.4, 0.5) is 10.1 Å². The van der Waals surface area contributed by atoms with E-state index in [1.54, 1.807) is 22.8 Å². The molecule has 2 fully saturated rings. The molecule has 3 aromatic heterocycles. The Balaban J connectivity index is 1.20. The van der Waals surface area contributed by atoms with Gasteiger partial charge in [0.25, 0.3) is 11.5 Å². The third-order valence-electron chi connectivity index (χ3n) is 6.11. The van der Waals surface area contributed by atoms with E-state index in [0.29, 0.717) is 56.2 Å². The second-order valence-electron chi connectivity index (χ2n) is 8.40. The van der Waals surface area contributed by atoms with Crippen LogP contribution >= 0.6 is 0 Å². The highest BCUT2D eigenvalue weighted by molar-refractivity contribution is 5.92. The lowest BCUT2D eigenvalue weighted by Gasteiger charge is -2.35. The van der Waals surface area contributed by atoms with Crippen LogP contribution in [-0.2, 0) is 17.7 Å². The second kappa shape index (κ2) is 8.91. The number of nitrogens with one attached hydrogen (secondary N) is 2. The summed E-state index contributed by atoms with van der Waals surface area (Å²) in [7, 11) is 0. The van der Waals surface area contributed by atoms with Gasteiger partial charge >= 0.3 is 0 Å². The van der Waals surface area contributed by atoms with E-state index in [9.17, 15) is 14.0 Å². The van der Waals surface area contributed by atoms with E-state index in [4.69, 9.17) is 4.74 Å². The van der Waals surface area contributed by atoms with Crippen molar-refractivity contribution in [1.82, 2.24) is 29.8 Å². The number of halogens is 1. The average Bonchev–Trinajstić information content (AvgIpc) is 3.17. The Hall–Kier alpha value is -3.31. The summed E-state index contributed by atoms with van der Waals surface area (Å²) < 4.78 is 21.4. The standard InChI is InChI=1S/C22H26FN7O3/c1-2-14-10-30-19(26-21(14)31)9-15(27-30)11-28-5-7-29(8-6-28)18-4-3-17(25-20(18)23)22(32)24-16-12-33-13-16/h3-4,9-10,16H,2,5-8,11-13H2,1H3,(H,24,32)(H,26,31). The van der Waals surface area contributed by atoms with Gasteiger partial charge in [-0.3, -0.25) is 14.5 Å². The molecule has 2 aliphatic heterocycles. The van der Waals surface area contributed by atoms with Gasteiger partial charge in [-0.05, 0) is 18.6 Å². The molecule has 10 nitrogen and oxygen atoms in total. The fourth-order valence-electron chi connectivity index (χ4n) is 4.11. The molecule has 2 N–H and O–H groups in total. The molecule has 5 rings (SSSR count). The van der Waals surface area contributed by atoms with Crippen molar-refractivity contribution in [2.24, 2.45) is 0 Å². The minimum absolute atomic E-state index is 0.0306. The number of aryl methyl sites for hydroxylation is 1. The highest BCUT2D eigenvalue weighted by Gasteiger charge is 2.24. The van der Waals surface area contributed by atoms with E-state index in [-0.39, 0.29) is 17.3 Å². The molecule has 0 aromatic carbocycles. The van der Waals surface area contributed by atoms with Crippen molar-refractivity contribution in [1.29, 1.82) is 0 Å². The molecule has 33 heavy (non-hydrogen) atoms. The average molecular weight is 455 g/mol. The van der Waals surface area contributed by atoms with Gasteiger partial charge in [-0.1, -0.05) is 6.92 Å². The van der Waals surface area contributed by atoms with Crippen LogP contribution < -0.4 is 15.8 Å². The number of ether oxygens (including phenoxy) is 1. The first-order valence-corrected chi connectivity index (χ1v) is 11.1. The van der Waals surface area contributed by atoms with Crippen LogP contribution in [-0.4, -0.2) is 75.8 Å². The van der Waals surface area contributed by atoms with Gasteiger partial charge in [0.2, 0.25) is 5.95 Å². The zero-order valence-corrected chi connectivity index (χ0v) is 18.4. The highest BCUT2D eigenvalue weighted by atomic mass is 19.1. The Morgan fingerprint density at radius 2 is 2.06 bits per heavy atom. The Morgan fingerprint density at radius 3 is 2.73 bits per heavy atom. The van der Waals surface area contributed by atoms with E-state index in [2.05, 4.69) is 25.3 Å². The maximum Gasteiger partial charge on any atom is 0.270 e. The number of rotatable bonds is 6. The van der Waals surface area contributed by atoms with Crippen LogP contribution in [0, 0.1) is 5.95 Å². The summed E-state index contributed by atoms with van der Waals surface area (Å²) in [5.74, 6) is -1.03. The number of carbonyl (C=O) groups excluding carboxylic acids is 1. The van der Waals surface area contributed by atoms with Gasteiger partial charge in [0, 0.05) is 50.6 Å². The molecule has 0 aliphatic carbocycles. The van der Waals surface area contributed by atoms with Crippen LogP contribution in [0.3, 0.4) is 0 Å². The van der Waals surface area contributed by atoms with Crippen LogP contribution in [0.1, 0.15) is 28.7 Å². The molecule has 0 bridgehead atoms. The van der Waals surface area contributed by atoms with Crippen molar-refractivity contribution in [3.8, 4) is 0 Å². The van der Waals surface area contributed by atoms with Crippen LogP contribution in [0.2, 0.25) is 0 Å². The van der Waals surface area contributed by atoms with Crippen LogP contribution in [0.15, 0.2) is 29.2 Å². The first-order chi connectivity index (χ1) is 16.0. The maximum atomic E-state index is 14.7. The number of fused-ring (bicyclic) bond motifs is 1. The predicted octanol–water partition coefficient (Wildman–Crippen LogP) is 0.570. The van der Waals surface area contributed by atoms with E-state index in [1.165, 1.54) is 0 Å².